The van der Waals surface area contributed by atoms with Crippen LogP contribution in [0.25, 0.3) is 0 Å². The zero-order valence-electron chi connectivity index (χ0n) is 7.69. The zero-order valence-corrected chi connectivity index (χ0v) is 7.69. The first kappa shape index (κ1) is 8.87. The summed E-state index contributed by atoms with van der Waals surface area (Å²) >= 11 is 0. The molecule has 4 nitrogen and oxygen atoms in total. The molecule has 1 N–H and O–H groups in total. The van der Waals surface area contributed by atoms with Crippen molar-refractivity contribution in [1.82, 2.24) is 0 Å². The number of hydrogen-bond acceptors (Lipinski definition) is 3. The van der Waals surface area contributed by atoms with Crippen molar-refractivity contribution in [2.24, 2.45) is 0 Å². The van der Waals surface area contributed by atoms with Gasteiger partial charge in [0.1, 0.15) is 0 Å². The van der Waals surface area contributed by atoms with Gasteiger partial charge in [-0.25, -0.2) is 0 Å². The van der Waals surface area contributed by atoms with Gasteiger partial charge in [0.15, 0.2) is 11.5 Å². The first-order valence-electron chi connectivity index (χ1n) is 4.31. The molecule has 1 heterocycles. The maximum absolute atomic E-state index is 10.7. The SMILES string of the molecule is C[C@@H](C(=O)O)c1ccc2c(c1)OCO2. The van der Waals surface area contributed by atoms with Gasteiger partial charge in [0, 0.05) is 0 Å². The number of carboxylic acid groups (broad SMARTS) is 1. The average molecular weight is 194 g/mol. The molecular weight excluding hydrogens is 184 g/mol. The van der Waals surface area contributed by atoms with Crippen molar-refractivity contribution in [3.8, 4) is 11.5 Å². The number of rotatable bonds is 2. The molecule has 1 aromatic carbocycles. The van der Waals surface area contributed by atoms with Crippen LogP contribution in [-0.4, -0.2) is 17.9 Å². The Labute approximate surface area is 81.1 Å². The molecule has 1 aromatic rings. The van der Waals surface area contributed by atoms with E-state index in [1.807, 2.05) is 0 Å². The fourth-order valence-electron chi connectivity index (χ4n) is 1.33. The van der Waals surface area contributed by atoms with Crippen LogP contribution in [0.4, 0.5) is 0 Å². The number of benzene rings is 1. The van der Waals surface area contributed by atoms with Gasteiger partial charge < -0.3 is 14.6 Å². The summed E-state index contributed by atoms with van der Waals surface area (Å²) in [4.78, 5) is 10.7. The second-order valence-corrected chi connectivity index (χ2v) is 3.17. The normalized spacial score (nSPS) is 15.2. The third-order valence-electron chi connectivity index (χ3n) is 2.27. The van der Waals surface area contributed by atoms with E-state index in [2.05, 4.69) is 0 Å². The molecule has 0 aliphatic carbocycles. The fraction of sp³-hybridized carbons (Fsp3) is 0.300. The topological polar surface area (TPSA) is 55.8 Å². The molecule has 0 spiro atoms. The van der Waals surface area contributed by atoms with Crippen LogP contribution in [0.15, 0.2) is 18.2 Å². The minimum atomic E-state index is -0.844. The van der Waals surface area contributed by atoms with E-state index in [4.69, 9.17) is 14.6 Å². The second-order valence-electron chi connectivity index (χ2n) is 3.17. The third kappa shape index (κ3) is 1.39. The maximum atomic E-state index is 10.7. The Bertz CT molecular complexity index is 372. The van der Waals surface area contributed by atoms with Crippen LogP contribution in [0, 0.1) is 0 Å². The smallest absolute Gasteiger partial charge is 0.310 e. The van der Waals surface area contributed by atoms with Crippen LogP contribution < -0.4 is 9.47 Å². The minimum Gasteiger partial charge on any atom is -0.481 e. The Morgan fingerprint density at radius 1 is 1.43 bits per heavy atom. The molecule has 0 fully saturated rings. The summed E-state index contributed by atoms with van der Waals surface area (Å²) in [6, 6.07) is 5.19. The summed E-state index contributed by atoms with van der Waals surface area (Å²) in [5, 5.41) is 8.81. The second kappa shape index (κ2) is 3.21. The number of carboxylic acids is 1. The molecule has 0 amide bonds. The van der Waals surface area contributed by atoms with Gasteiger partial charge in [0.05, 0.1) is 5.92 Å². The Kier molecular flexibility index (Phi) is 2.04. The van der Waals surface area contributed by atoms with Crippen molar-refractivity contribution in [2.45, 2.75) is 12.8 Å². The van der Waals surface area contributed by atoms with E-state index < -0.39 is 11.9 Å². The lowest BCUT2D eigenvalue weighted by Crippen LogP contribution is -2.06. The van der Waals surface area contributed by atoms with Crippen LogP contribution >= 0.6 is 0 Å². The number of carbonyl (C=O) groups is 1. The van der Waals surface area contributed by atoms with Gasteiger partial charge in [-0.05, 0) is 24.6 Å². The predicted octanol–water partition coefficient (Wildman–Crippen LogP) is 1.60. The Balaban J connectivity index is 2.33. The van der Waals surface area contributed by atoms with Crippen molar-refractivity contribution in [3.05, 3.63) is 23.8 Å². The summed E-state index contributed by atoms with van der Waals surface area (Å²) in [5.41, 5.74) is 0.724. The highest BCUT2D eigenvalue weighted by atomic mass is 16.7. The van der Waals surface area contributed by atoms with Gasteiger partial charge in [0.25, 0.3) is 0 Å². The number of hydrogen-bond donors (Lipinski definition) is 1. The highest BCUT2D eigenvalue weighted by Crippen LogP contribution is 2.34. The number of aliphatic carboxylic acids is 1. The first-order valence-corrected chi connectivity index (χ1v) is 4.31. The predicted molar refractivity (Wildman–Crippen MR) is 48.6 cm³/mol. The van der Waals surface area contributed by atoms with Gasteiger partial charge in [-0.2, -0.15) is 0 Å². The van der Waals surface area contributed by atoms with E-state index in [9.17, 15) is 4.79 Å². The van der Waals surface area contributed by atoms with Crippen LogP contribution in [0.5, 0.6) is 11.5 Å². The van der Waals surface area contributed by atoms with Gasteiger partial charge in [-0.1, -0.05) is 6.07 Å². The van der Waals surface area contributed by atoms with Gasteiger partial charge in [-0.3, -0.25) is 4.79 Å². The molecule has 74 valence electrons. The fourth-order valence-corrected chi connectivity index (χ4v) is 1.33. The quantitative estimate of drug-likeness (QED) is 0.776. The molecule has 0 saturated carbocycles. The number of fused-ring (bicyclic) bond motifs is 1. The third-order valence-corrected chi connectivity index (χ3v) is 2.27. The number of ether oxygens (including phenoxy) is 2. The Morgan fingerprint density at radius 3 is 2.86 bits per heavy atom. The molecule has 14 heavy (non-hydrogen) atoms. The van der Waals surface area contributed by atoms with Crippen LogP contribution in [-0.2, 0) is 4.79 Å². The summed E-state index contributed by atoms with van der Waals surface area (Å²) in [5.74, 6) is -0.0738. The molecular formula is C10H10O4. The van der Waals surface area contributed by atoms with Crippen molar-refractivity contribution >= 4 is 5.97 Å². The van der Waals surface area contributed by atoms with Crippen LogP contribution in [0.3, 0.4) is 0 Å². The summed E-state index contributed by atoms with van der Waals surface area (Å²) in [7, 11) is 0. The van der Waals surface area contributed by atoms with Crippen LogP contribution in [0.2, 0.25) is 0 Å². The highest BCUT2D eigenvalue weighted by Gasteiger charge is 2.18. The van der Waals surface area contributed by atoms with Gasteiger partial charge in [0.2, 0.25) is 6.79 Å². The lowest BCUT2D eigenvalue weighted by Gasteiger charge is -2.06. The monoisotopic (exact) mass is 194 g/mol. The van der Waals surface area contributed by atoms with E-state index in [1.165, 1.54) is 0 Å². The minimum absolute atomic E-state index is 0.209. The van der Waals surface area contributed by atoms with Crippen molar-refractivity contribution in [1.29, 1.82) is 0 Å². The Morgan fingerprint density at radius 2 is 2.14 bits per heavy atom. The lowest BCUT2D eigenvalue weighted by molar-refractivity contribution is -0.138. The molecule has 1 aliphatic rings. The van der Waals surface area contributed by atoms with E-state index in [1.54, 1.807) is 25.1 Å². The van der Waals surface area contributed by atoms with E-state index in [-0.39, 0.29) is 6.79 Å². The molecule has 4 heteroatoms. The molecule has 0 bridgehead atoms. The van der Waals surface area contributed by atoms with E-state index in [0.717, 1.165) is 5.56 Å². The molecule has 0 aromatic heterocycles. The standard InChI is InChI=1S/C10H10O4/c1-6(10(11)12)7-2-3-8-9(4-7)14-5-13-8/h2-4,6H,5H2,1H3,(H,11,12)/t6-/m1/s1. The Hall–Kier alpha value is -1.71. The molecule has 0 saturated heterocycles. The summed E-state index contributed by atoms with van der Waals surface area (Å²) in [6.07, 6.45) is 0. The molecule has 0 unspecified atom stereocenters. The van der Waals surface area contributed by atoms with E-state index >= 15 is 0 Å². The van der Waals surface area contributed by atoms with Crippen molar-refractivity contribution in [3.63, 3.8) is 0 Å². The summed E-state index contributed by atoms with van der Waals surface area (Å²) in [6.45, 7) is 1.85. The largest absolute Gasteiger partial charge is 0.481 e. The molecule has 2 rings (SSSR count). The van der Waals surface area contributed by atoms with Gasteiger partial charge in [-0.15, -0.1) is 0 Å². The molecule has 1 aliphatic heterocycles. The highest BCUT2D eigenvalue weighted by molar-refractivity contribution is 5.75. The summed E-state index contributed by atoms with van der Waals surface area (Å²) < 4.78 is 10.3. The molecule has 1 atom stereocenters. The molecule has 0 radical (unpaired) electrons. The maximum Gasteiger partial charge on any atom is 0.310 e. The average Bonchev–Trinajstić information content (AvgIpc) is 2.62. The van der Waals surface area contributed by atoms with Gasteiger partial charge >= 0.3 is 5.97 Å². The van der Waals surface area contributed by atoms with Crippen LogP contribution in [0.1, 0.15) is 18.4 Å². The van der Waals surface area contributed by atoms with Crippen molar-refractivity contribution < 1.29 is 19.4 Å². The van der Waals surface area contributed by atoms with E-state index in [0.29, 0.717) is 11.5 Å². The zero-order chi connectivity index (χ0) is 10.1. The first-order chi connectivity index (χ1) is 6.68. The van der Waals surface area contributed by atoms with Crippen molar-refractivity contribution in [2.75, 3.05) is 6.79 Å². The lowest BCUT2D eigenvalue weighted by atomic mass is 10.0.